The van der Waals surface area contributed by atoms with Gasteiger partial charge in [-0.2, -0.15) is 0 Å². The predicted molar refractivity (Wildman–Crippen MR) is 115 cm³/mol. The van der Waals surface area contributed by atoms with Crippen LogP contribution in [-0.4, -0.2) is 58.1 Å². The number of rotatable bonds is 6. The molecular weight excluding hydrogens is 364 g/mol. The Labute approximate surface area is 172 Å². The molecule has 0 spiro atoms. The van der Waals surface area contributed by atoms with Gasteiger partial charge in [-0.15, -0.1) is 0 Å². The van der Waals surface area contributed by atoms with Crippen LogP contribution < -0.4 is 10.6 Å². The van der Waals surface area contributed by atoms with Crippen LogP contribution in [0.5, 0.6) is 0 Å². The number of nitrogens with one attached hydrogen (secondary N) is 2. The lowest BCUT2D eigenvalue weighted by Crippen LogP contribution is -2.39. The van der Waals surface area contributed by atoms with Crippen molar-refractivity contribution in [2.45, 2.75) is 57.5 Å². The van der Waals surface area contributed by atoms with Crippen molar-refractivity contribution in [2.24, 2.45) is 7.05 Å². The second-order valence-corrected chi connectivity index (χ2v) is 8.81. The summed E-state index contributed by atoms with van der Waals surface area (Å²) in [6, 6.07) is 0.567. The van der Waals surface area contributed by atoms with Gasteiger partial charge >= 0.3 is 0 Å². The lowest BCUT2D eigenvalue weighted by Gasteiger charge is -2.21. The molecule has 0 bridgehead atoms. The molecule has 1 amide bonds. The summed E-state index contributed by atoms with van der Waals surface area (Å²) in [6.45, 7) is 2.85. The molecule has 2 heterocycles. The molecule has 0 aromatic carbocycles. The van der Waals surface area contributed by atoms with E-state index in [4.69, 9.17) is 4.98 Å². The van der Waals surface area contributed by atoms with Crippen LogP contribution >= 0.6 is 0 Å². The second-order valence-electron chi connectivity index (χ2n) is 8.81. The quantitative estimate of drug-likeness (QED) is 0.785. The number of carbonyl (C=O) groups excluding carboxylic acids is 1. The third kappa shape index (κ3) is 4.15. The molecule has 0 saturated heterocycles. The van der Waals surface area contributed by atoms with Gasteiger partial charge in [0.1, 0.15) is 0 Å². The second kappa shape index (κ2) is 8.14. The molecule has 2 N–H and O–H groups in total. The highest BCUT2D eigenvalue weighted by Crippen LogP contribution is 2.35. The van der Waals surface area contributed by atoms with E-state index in [-0.39, 0.29) is 11.9 Å². The number of anilines is 1. The van der Waals surface area contributed by atoms with E-state index in [1.54, 1.807) is 0 Å². The highest BCUT2D eigenvalue weighted by Gasteiger charge is 2.28. The topological polar surface area (TPSA) is 75.1 Å². The summed E-state index contributed by atoms with van der Waals surface area (Å²) in [5.74, 6) is 0.702. The molecule has 7 nitrogen and oxygen atoms in total. The van der Waals surface area contributed by atoms with E-state index < -0.39 is 0 Å². The molecule has 1 saturated carbocycles. The van der Waals surface area contributed by atoms with Gasteiger partial charge in [-0.05, 0) is 57.8 Å². The number of nitrogens with zero attached hydrogens (tertiary/aromatic N) is 4. The smallest absolute Gasteiger partial charge is 0.253 e. The lowest BCUT2D eigenvalue weighted by atomic mass is 9.92. The zero-order chi connectivity index (χ0) is 20.5. The number of fused-ring (bicyclic) bond motifs is 3. The van der Waals surface area contributed by atoms with Gasteiger partial charge in [-0.1, -0.05) is 12.8 Å². The van der Waals surface area contributed by atoms with Crippen molar-refractivity contribution in [3.63, 3.8) is 0 Å². The fourth-order valence-corrected chi connectivity index (χ4v) is 4.71. The molecule has 0 aliphatic heterocycles. The number of aromatic nitrogens is 3. The van der Waals surface area contributed by atoms with Crippen LogP contribution in [0.3, 0.4) is 0 Å². The first kappa shape index (κ1) is 19.9. The first-order chi connectivity index (χ1) is 13.9. The summed E-state index contributed by atoms with van der Waals surface area (Å²) in [5, 5.41) is 6.64. The molecule has 1 atom stereocenters. The van der Waals surface area contributed by atoms with Gasteiger partial charge in [0.2, 0.25) is 5.95 Å². The molecular formula is C22H32N6O. The first-order valence-corrected chi connectivity index (χ1v) is 10.7. The minimum Gasteiger partial charge on any atom is -0.351 e. The van der Waals surface area contributed by atoms with Crippen LogP contribution in [0, 0.1) is 0 Å². The van der Waals surface area contributed by atoms with Gasteiger partial charge in [0.25, 0.3) is 5.91 Å². The molecule has 2 aliphatic carbocycles. The van der Waals surface area contributed by atoms with Crippen molar-refractivity contribution < 1.29 is 4.79 Å². The van der Waals surface area contributed by atoms with E-state index in [0.29, 0.717) is 12.0 Å². The third-order valence-corrected chi connectivity index (χ3v) is 5.97. The van der Waals surface area contributed by atoms with Crippen molar-refractivity contribution in [3.8, 4) is 11.4 Å². The molecule has 29 heavy (non-hydrogen) atoms. The molecule has 156 valence electrons. The monoisotopic (exact) mass is 396 g/mol. The Hall–Kier alpha value is -2.41. The van der Waals surface area contributed by atoms with Crippen LogP contribution in [0.25, 0.3) is 11.4 Å². The van der Waals surface area contributed by atoms with Crippen molar-refractivity contribution in [1.82, 2.24) is 24.8 Å². The summed E-state index contributed by atoms with van der Waals surface area (Å²) >= 11 is 0. The van der Waals surface area contributed by atoms with Gasteiger partial charge < -0.3 is 20.1 Å². The average molecular weight is 397 g/mol. The van der Waals surface area contributed by atoms with Crippen molar-refractivity contribution in [1.29, 1.82) is 0 Å². The molecule has 2 aliphatic rings. The predicted octanol–water partition coefficient (Wildman–Crippen LogP) is 2.62. The summed E-state index contributed by atoms with van der Waals surface area (Å²) < 4.78 is 2.05. The van der Waals surface area contributed by atoms with E-state index in [1.165, 1.54) is 25.7 Å². The standard InChI is InChI=1S/C22H32N6O/c1-14(12-27(2)3)24-21(29)18-13-28(4)20-17(18)10-9-15-11-23-22(26-19(15)20)25-16-7-5-6-8-16/h11,13-14,16H,5-10,12H2,1-4H3,(H,24,29)(H,23,25,26). The maximum Gasteiger partial charge on any atom is 0.253 e. The number of hydrogen-bond donors (Lipinski definition) is 2. The molecule has 0 radical (unpaired) electrons. The highest BCUT2D eigenvalue weighted by molar-refractivity contribution is 5.98. The number of aryl methyl sites for hydroxylation is 2. The first-order valence-electron chi connectivity index (χ1n) is 10.7. The van der Waals surface area contributed by atoms with Crippen molar-refractivity contribution in [2.75, 3.05) is 26.0 Å². The Kier molecular flexibility index (Phi) is 5.58. The van der Waals surface area contributed by atoms with Crippen LogP contribution in [0.4, 0.5) is 5.95 Å². The largest absolute Gasteiger partial charge is 0.351 e. The molecule has 7 heteroatoms. The van der Waals surface area contributed by atoms with Crippen LogP contribution in [0.1, 0.15) is 54.1 Å². The number of hydrogen-bond acceptors (Lipinski definition) is 5. The minimum absolute atomic E-state index is 0.00184. The summed E-state index contributed by atoms with van der Waals surface area (Å²) in [4.78, 5) is 24.4. The zero-order valence-electron chi connectivity index (χ0n) is 18.0. The average Bonchev–Trinajstić information content (AvgIpc) is 3.28. The Balaban J connectivity index is 1.60. The maximum absolute atomic E-state index is 12.9. The highest BCUT2D eigenvalue weighted by atomic mass is 16.1. The molecule has 4 rings (SSSR count). The maximum atomic E-state index is 12.9. The van der Waals surface area contributed by atoms with Crippen LogP contribution in [0.2, 0.25) is 0 Å². The van der Waals surface area contributed by atoms with E-state index in [9.17, 15) is 4.79 Å². The molecule has 1 fully saturated rings. The number of likely N-dealkylation sites (N-methyl/N-ethyl adjacent to an activating group) is 1. The Morgan fingerprint density at radius 1 is 1.31 bits per heavy atom. The third-order valence-electron chi connectivity index (χ3n) is 5.97. The van der Waals surface area contributed by atoms with Gasteiger partial charge in [0.15, 0.2) is 0 Å². The normalized spacial score (nSPS) is 17.1. The molecule has 2 aromatic heterocycles. The summed E-state index contributed by atoms with van der Waals surface area (Å²) in [5.41, 5.74) is 5.03. The van der Waals surface area contributed by atoms with Gasteiger partial charge in [-0.3, -0.25) is 4.79 Å². The molecule has 1 unspecified atom stereocenters. The van der Waals surface area contributed by atoms with Crippen LogP contribution in [-0.2, 0) is 19.9 Å². The van der Waals surface area contributed by atoms with Gasteiger partial charge in [0.05, 0.1) is 17.0 Å². The minimum atomic E-state index is -0.00184. The summed E-state index contributed by atoms with van der Waals surface area (Å²) in [7, 11) is 6.03. The lowest BCUT2D eigenvalue weighted by molar-refractivity contribution is 0.0933. The summed E-state index contributed by atoms with van der Waals surface area (Å²) in [6.07, 6.45) is 10.5. The van der Waals surface area contributed by atoms with E-state index in [2.05, 4.69) is 20.5 Å². The van der Waals surface area contributed by atoms with E-state index in [0.717, 1.165) is 47.5 Å². The van der Waals surface area contributed by atoms with Gasteiger partial charge in [-0.25, -0.2) is 9.97 Å². The Morgan fingerprint density at radius 2 is 2.07 bits per heavy atom. The van der Waals surface area contributed by atoms with Crippen molar-refractivity contribution >= 4 is 11.9 Å². The van der Waals surface area contributed by atoms with Gasteiger partial charge in [0, 0.05) is 38.1 Å². The zero-order valence-corrected chi connectivity index (χ0v) is 18.0. The van der Waals surface area contributed by atoms with E-state index in [1.807, 2.05) is 45.0 Å². The fraction of sp³-hybridized carbons (Fsp3) is 0.591. The van der Waals surface area contributed by atoms with E-state index >= 15 is 0 Å². The van der Waals surface area contributed by atoms with Crippen molar-refractivity contribution in [3.05, 3.63) is 29.1 Å². The Morgan fingerprint density at radius 3 is 2.79 bits per heavy atom. The fourth-order valence-electron chi connectivity index (χ4n) is 4.71. The van der Waals surface area contributed by atoms with Crippen LogP contribution in [0.15, 0.2) is 12.4 Å². The Bertz CT molecular complexity index is 897. The number of carbonyl (C=O) groups is 1. The number of amides is 1. The molecule has 2 aromatic rings. The SMILES string of the molecule is CC(CN(C)C)NC(=O)c1cn(C)c2c1CCc1cnc(NC3CCCC3)nc1-2.